The monoisotopic (exact) mass is 247 g/mol. The van der Waals surface area contributed by atoms with Gasteiger partial charge < -0.3 is 10.3 Å². The number of rotatable bonds is 2. The second-order valence-corrected chi connectivity index (χ2v) is 7.38. The first kappa shape index (κ1) is 11.8. The summed E-state index contributed by atoms with van der Waals surface area (Å²) < 4.78 is 12.1. The van der Waals surface area contributed by atoms with Crippen LogP contribution in [0.3, 0.4) is 0 Å². The molecule has 1 aromatic carbocycles. The van der Waals surface area contributed by atoms with Gasteiger partial charge in [0.15, 0.2) is 5.82 Å². The van der Waals surface area contributed by atoms with Crippen LogP contribution in [0.2, 0.25) is 0 Å². The molecule has 0 unspecified atom stereocenters. The summed E-state index contributed by atoms with van der Waals surface area (Å²) in [5.74, 6) is 0.613. The summed E-state index contributed by atoms with van der Waals surface area (Å²) in [4.78, 5) is 8.32. The van der Waals surface area contributed by atoms with Crippen LogP contribution >= 0.6 is 7.14 Å². The quantitative estimate of drug-likeness (QED) is 0.650. The van der Waals surface area contributed by atoms with Gasteiger partial charge in [0.1, 0.15) is 7.14 Å². The topological polar surface area (TPSA) is 68.9 Å². The van der Waals surface area contributed by atoms with E-state index in [0.29, 0.717) is 16.8 Å². The van der Waals surface area contributed by atoms with E-state index in [-0.39, 0.29) is 0 Å². The van der Waals surface area contributed by atoms with Crippen LogP contribution in [0.15, 0.2) is 36.7 Å². The minimum atomic E-state index is -2.38. The molecule has 0 amide bonds. The Bertz CT molecular complexity index is 578. The molecule has 17 heavy (non-hydrogen) atoms. The maximum absolute atomic E-state index is 12.1. The molecule has 1 heterocycles. The number of aromatic nitrogens is 2. The molecule has 0 saturated heterocycles. The van der Waals surface area contributed by atoms with Crippen molar-refractivity contribution in [2.45, 2.75) is 0 Å². The lowest BCUT2D eigenvalue weighted by molar-refractivity contribution is 0.588. The van der Waals surface area contributed by atoms with E-state index in [4.69, 9.17) is 5.73 Å². The molecule has 2 N–H and O–H groups in total. The fourth-order valence-corrected chi connectivity index (χ4v) is 2.74. The third-order valence-electron chi connectivity index (χ3n) is 2.43. The van der Waals surface area contributed by atoms with E-state index in [0.717, 1.165) is 5.56 Å². The van der Waals surface area contributed by atoms with Crippen molar-refractivity contribution in [2.75, 3.05) is 19.1 Å². The van der Waals surface area contributed by atoms with Gasteiger partial charge in [-0.3, -0.25) is 0 Å². The van der Waals surface area contributed by atoms with Gasteiger partial charge >= 0.3 is 0 Å². The zero-order valence-corrected chi connectivity index (χ0v) is 10.7. The zero-order chi connectivity index (χ0) is 12.5. The van der Waals surface area contributed by atoms with Crippen molar-refractivity contribution in [3.8, 4) is 11.4 Å². The van der Waals surface area contributed by atoms with E-state index in [1.54, 1.807) is 37.9 Å². The summed E-state index contributed by atoms with van der Waals surface area (Å²) in [5, 5.41) is 0.683. The maximum Gasteiger partial charge on any atom is 0.159 e. The standard InChI is InChI=1S/C12H14N3OP/c1-17(2,16)11-8-9(4-5-10(11)13)12-14-6-3-7-15-12/h3-8H,13H2,1-2H3. The first-order valence-electron chi connectivity index (χ1n) is 5.21. The Labute approximate surface area is 100 Å². The third kappa shape index (κ3) is 2.53. The fraction of sp³-hybridized carbons (Fsp3) is 0.167. The molecule has 0 fully saturated rings. The van der Waals surface area contributed by atoms with Gasteiger partial charge in [0.25, 0.3) is 0 Å². The summed E-state index contributed by atoms with van der Waals surface area (Å²) in [6, 6.07) is 7.15. The normalized spacial score (nSPS) is 11.4. The summed E-state index contributed by atoms with van der Waals surface area (Å²) in [7, 11) is -2.38. The van der Waals surface area contributed by atoms with Gasteiger partial charge in [-0.15, -0.1) is 0 Å². The summed E-state index contributed by atoms with van der Waals surface area (Å²) in [6.45, 7) is 3.41. The molecule has 0 atom stereocenters. The first-order chi connectivity index (χ1) is 7.98. The Hall–Kier alpha value is -1.67. The van der Waals surface area contributed by atoms with E-state index in [2.05, 4.69) is 9.97 Å². The highest BCUT2D eigenvalue weighted by atomic mass is 31.2. The second-order valence-electron chi connectivity index (χ2n) is 4.20. The minimum Gasteiger partial charge on any atom is -0.398 e. The van der Waals surface area contributed by atoms with Crippen molar-refractivity contribution in [3.63, 3.8) is 0 Å². The third-order valence-corrected chi connectivity index (χ3v) is 3.98. The molecule has 0 aliphatic carbocycles. The average Bonchev–Trinajstić information content (AvgIpc) is 2.29. The van der Waals surface area contributed by atoms with Gasteiger partial charge in [-0.05, 0) is 37.6 Å². The largest absolute Gasteiger partial charge is 0.398 e. The fourth-order valence-electron chi connectivity index (χ4n) is 1.60. The van der Waals surface area contributed by atoms with Crippen molar-refractivity contribution < 1.29 is 4.57 Å². The van der Waals surface area contributed by atoms with Crippen LogP contribution in [0.4, 0.5) is 5.69 Å². The van der Waals surface area contributed by atoms with E-state index < -0.39 is 7.14 Å². The van der Waals surface area contributed by atoms with E-state index in [1.807, 2.05) is 12.1 Å². The van der Waals surface area contributed by atoms with Crippen molar-refractivity contribution in [1.82, 2.24) is 9.97 Å². The van der Waals surface area contributed by atoms with Crippen molar-refractivity contribution in [3.05, 3.63) is 36.7 Å². The van der Waals surface area contributed by atoms with Gasteiger partial charge in [-0.1, -0.05) is 0 Å². The van der Waals surface area contributed by atoms with E-state index >= 15 is 0 Å². The number of hydrogen-bond acceptors (Lipinski definition) is 4. The van der Waals surface area contributed by atoms with Crippen molar-refractivity contribution in [2.24, 2.45) is 0 Å². The lowest BCUT2D eigenvalue weighted by Crippen LogP contribution is -2.10. The molecule has 0 bridgehead atoms. The average molecular weight is 247 g/mol. The molecular weight excluding hydrogens is 233 g/mol. The van der Waals surface area contributed by atoms with Crippen LogP contribution < -0.4 is 11.0 Å². The van der Waals surface area contributed by atoms with Crippen LogP contribution in [0, 0.1) is 0 Å². The highest BCUT2D eigenvalue weighted by molar-refractivity contribution is 7.70. The summed E-state index contributed by atoms with van der Waals surface area (Å²) in [6.07, 6.45) is 3.35. The van der Waals surface area contributed by atoms with Gasteiger partial charge in [0, 0.05) is 28.9 Å². The maximum atomic E-state index is 12.1. The molecule has 0 spiro atoms. The minimum absolute atomic E-state index is 0.554. The zero-order valence-electron chi connectivity index (χ0n) is 9.79. The van der Waals surface area contributed by atoms with Gasteiger partial charge in [0.2, 0.25) is 0 Å². The molecular formula is C12H14N3OP. The Kier molecular flexibility index (Phi) is 2.99. The van der Waals surface area contributed by atoms with E-state index in [1.165, 1.54) is 0 Å². The smallest absolute Gasteiger partial charge is 0.159 e. The molecule has 0 saturated carbocycles. The lowest BCUT2D eigenvalue weighted by atomic mass is 10.2. The molecule has 4 nitrogen and oxygen atoms in total. The highest BCUT2D eigenvalue weighted by Crippen LogP contribution is 2.37. The van der Waals surface area contributed by atoms with Crippen LogP contribution in [-0.2, 0) is 4.57 Å². The van der Waals surface area contributed by atoms with Crippen LogP contribution in [0.1, 0.15) is 0 Å². The van der Waals surface area contributed by atoms with Crippen LogP contribution in [-0.4, -0.2) is 23.3 Å². The Morgan fingerprint density at radius 1 is 1.18 bits per heavy atom. The Balaban J connectivity index is 2.56. The predicted molar refractivity (Wildman–Crippen MR) is 71.0 cm³/mol. The van der Waals surface area contributed by atoms with Crippen LogP contribution in [0.25, 0.3) is 11.4 Å². The highest BCUT2D eigenvalue weighted by Gasteiger charge is 2.16. The number of hydrogen-bond donors (Lipinski definition) is 1. The first-order valence-corrected chi connectivity index (χ1v) is 7.81. The molecule has 5 heteroatoms. The lowest BCUT2D eigenvalue weighted by Gasteiger charge is -2.11. The Morgan fingerprint density at radius 2 is 1.82 bits per heavy atom. The molecule has 0 aliphatic rings. The number of nitrogen functional groups attached to an aromatic ring is 1. The second kappa shape index (κ2) is 4.30. The molecule has 2 rings (SSSR count). The predicted octanol–water partition coefficient (Wildman–Crippen LogP) is 1.97. The number of anilines is 1. The van der Waals surface area contributed by atoms with Gasteiger partial charge in [0.05, 0.1) is 0 Å². The molecule has 2 aromatic rings. The SMILES string of the molecule is CP(C)(=O)c1cc(-c2ncccn2)ccc1N. The number of nitrogens with two attached hydrogens (primary N) is 1. The summed E-state index contributed by atoms with van der Waals surface area (Å²) in [5.41, 5.74) is 7.23. The Morgan fingerprint density at radius 3 is 2.41 bits per heavy atom. The van der Waals surface area contributed by atoms with Crippen molar-refractivity contribution in [1.29, 1.82) is 0 Å². The number of benzene rings is 1. The molecule has 88 valence electrons. The van der Waals surface area contributed by atoms with Crippen LogP contribution in [0.5, 0.6) is 0 Å². The van der Waals surface area contributed by atoms with E-state index in [9.17, 15) is 4.57 Å². The summed E-state index contributed by atoms with van der Waals surface area (Å²) >= 11 is 0. The van der Waals surface area contributed by atoms with Gasteiger partial charge in [-0.2, -0.15) is 0 Å². The molecule has 0 radical (unpaired) electrons. The van der Waals surface area contributed by atoms with Crippen molar-refractivity contribution >= 4 is 18.1 Å². The number of nitrogens with zero attached hydrogens (tertiary/aromatic N) is 2. The molecule has 0 aliphatic heterocycles. The molecule has 1 aromatic heterocycles. The van der Waals surface area contributed by atoms with Gasteiger partial charge in [-0.25, -0.2) is 9.97 Å².